The lowest BCUT2D eigenvalue weighted by Gasteiger charge is -2.20. The molecule has 1 atom stereocenters. The Kier molecular flexibility index (Phi) is 11.6. The molecule has 0 aliphatic heterocycles. The molecule has 4 rings (SSSR count). The summed E-state index contributed by atoms with van der Waals surface area (Å²) in [7, 11) is 0. The molecule has 0 saturated carbocycles. The van der Waals surface area contributed by atoms with Crippen LogP contribution in [-0.4, -0.2) is 52.1 Å². The van der Waals surface area contributed by atoms with E-state index in [9.17, 15) is 37.1 Å². The second-order valence-electron chi connectivity index (χ2n) is 10.2. The summed E-state index contributed by atoms with van der Waals surface area (Å²) < 4.78 is 51.3. The topological polar surface area (TPSA) is 146 Å². The van der Waals surface area contributed by atoms with Crippen molar-refractivity contribution in [3.63, 3.8) is 0 Å². The number of hydrogen-bond acceptors (Lipinski definition) is 8. The number of hydrogen-bond donors (Lipinski definition) is 2. The average molecular weight is 663 g/mol. The van der Waals surface area contributed by atoms with E-state index in [2.05, 4.69) is 22.2 Å². The van der Waals surface area contributed by atoms with Gasteiger partial charge in [0.2, 0.25) is 5.91 Å². The van der Waals surface area contributed by atoms with Crippen LogP contribution in [0.3, 0.4) is 0 Å². The third kappa shape index (κ3) is 9.48. The number of carbonyl (C=O) groups excluding carboxylic acids is 4. The minimum atomic E-state index is -5.24. The molecule has 1 heterocycles. The Labute approximate surface area is 272 Å². The molecule has 0 aliphatic carbocycles. The molecule has 1 aromatic heterocycles. The number of ketones is 1. The molecule has 3 aromatic carbocycles. The maximum Gasteiger partial charge on any atom is 0.452 e. The van der Waals surface area contributed by atoms with Crippen molar-refractivity contribution in [3.8, 4) is 11.4 Å². The Hall–Kier alpha value is -6.05. The van der Waals surface area contributed by atoms with Crippen LogP contribution in [0.5, 0.6) is 0 Å². The third-order valence-corrected chi connectivity index (χ3v) is 6.70. The number of anilines is 1. The largest absolute Gasteiger partial charge is 0.458 e. The molecule has 4 aromatic rings. The Morgan fingerprint density at radius 2 is 1.58 bits per heavy atom. The van der Waals surface area contributed by atoms with E-state index < -0.39 is 60.2 Å². The summed E-state index contributed by atoms with van der Waals surface area (Å²) in [5.74, 6) is -3.88. The van der Waals surface area contributed by atoms with Crippen LogP contribution in [0, 0.1) is 0 Å². The van der Waals surface area contributed by atoms with Gasteiger partial charge in [0.1, 0.15) is 37.3 Å². The van der Waals surface area contributed by atoms with Gasteiger partial charge >= 0.3 is 18.2 Å². The summed E-state index contributed by atoms with van der Waals surface area (Å²) in [5.41, 5.74) is 0.0704. The first-order valence-corrected chi connectivity index (χ1v) is 14.4. The molecule has 0 aliphatic rings. The van der Waals surface area contributed by atoms with Crippen LogP contribution in [0.25, 0.3) is 11.4 Å². The number of esters is 1. The monoisotopic (exact) mass is 662 g/mol. The van der Waals surface area contributed by atoms with E-state index in [1.54, 1.807) is 60.7 Å². The van der Waals surface area contributed by atoms with Crippen LogP contribution in [0.1, 0.15) is 21.5 Å². The van der Waals surface area contributed by atoms with Crippen molar-refractivity contribution >= 4 is 29.4 Å². The van der Waals surface area contributed by atoms with Crippen LogP contribution in [0.15, 0.2) is 109 Å². The van der Waals surface area contributed by atoms with Crippen molar-refractivity contribution in [3.05, 3.63) is 131 Å². The van der Waals surface area contributed by atoms with E-state index in [0.29, 0.717) is 16.7 Å². The van der Waals surface area contributed by atoms with Crippen molar-refractivity contribution in [2.24, 2.45) is 0 Å². The van der Waals surface area contributed by atoms with Gasteiger partial charge in [-0.25, -0.2) is 14.6 Å². The van der Waals surface area contributed by atoms with E-state index in [1.807, 2.05) is 0 Å². The van der Waals surface area contributed by atoms with Gasteiger partial charge in [-0.1, -0.05) is 85.5 Å². The number of nitrogens with zero attached hydrogens (tertiary/aromatic N) is 2. The van der Waals surface area contributed by atoms with Crippen LogP contribution in [0.2, 0.25) is 0 Å². The quantitative estimate of drug-likeness (QED) is 0.153. The van der Waals surface area contributed by atoms with Gasteiger partial charge in [-0.2, -0.15) is 13.2 Å². The van der Waals surface area contributed by atoms with Gasteiger partial charge in [-0.05, 0) is 23.3 Å². The van der Waals surface area contributed by atoms with Crippen molar-refractivity contribution in [2.75, 3.05) is 11.9 Å². The van der Waals surface area contributed by atoms with Crippen molar-refractivity contribution < 1.29 is 41.8 Å². The predicted molar refractivity (Wildman–Crippen MR) is 168 cm³/mol. The predicted octanol–water partition coefficient (Wildman–Crippen LogP) is 4.86. The number of Topliss-reactive ketones (excluding diaryl/α,β-unsaturated/α-hetero) is 1. The maximum absolute atomic E-state index is 13.6. The van der Waals surface area contributed by atoms with Gasteiger partial charge in [0.05, 0.1) is 11.8 Å². The molecule has 2 N–H and O–H groups in total. The van der Waals surface area contributed by atoms with Crippen LogP contribution in [-0.2, 0) is 38.6 Å². The first-order valence-electron chi connectivity index (χ1n) is 14.4. The molecule has 1 unspecified atom stereocenters. The number of aromatic nitrogens is 2. The van der Waals surface area contributed by atoms with Crippen LogP contribution in [0.4, 0.5) is 23.7 Å². The van der Waals surface area contributed by atoms with Gasteiger partial charge < -0.3 is 14.8 Å². The zero-order chi connectivity index (χ0) is 34.7. The van der Waals surface area contributed by atoms with Gasteiger partial charge in [0.15, 0.2) is 0 Å². The smallest absolute Gasteiger partial charge is 0.452 e. The molecule has 248 valence electrons. The Balaban J connectivity index is 1.54. The number of amides is 2. The standard InChI is InChI=1S/C34H29F3N4O7/c1-2-16-47-32(45)25-15-9-12-23(17-25)21-48-33(46)40-27-19-38-30(24-13-7-4-8-14-24)41(31(27)44)20-28(42)39-26(29(43)34(35,36)37)18-22-10-5-3-6-11-22/h2-15,17,19,26H,1,16,18,20-21H2,(H,39,42)(H,40,46). The van der Waals surface area contributed by atoms with Gasteiger partial charge in [0, 0.05) is 12.0 Å². The highest BCUT2D eigenvalue weighted by Crippen LogP contribution is 2.21. The average Bonchev–Trinajstić information content (AvgIpc) is 3.08. The second kappa shape index (κ2) is 16.0. The maximum atomic E-state index is 13.6. The molecule has 48 heavy (non-hydrogen) atoms. The lowest BCUT2D eigenvalue weighted by Crippen LogP contribution is -2.49. The van der Waals surface area contributed by atoms with E-state index in [0.717, 1.165) is 10.8 Å². The highest BCUT2D eigenvalue weighted by atomic mass is 19.4. The lowest BCUT2D eigenvalue weighted by atomic mass is 10.0. The van der Waals surface area contributed by atoms with E-state index in [1.165, 1.54) is 30.3 Å². The van der Waals surface area contributed by atoms with Crippen molar-refractivity contribution in [1.82, 2.24) is 14.9 Å². The molecular weight excluding hydrogens is 633 g/mol. The highest BCUT2D eigenvalue weighted by molar-refractivity contribution is 5.93. The number of alkyl halides is 3. The summed E-state index contributed by atoms with van der Waals surface area (Å²) in [5, 5.41) is 4.36. The molecule has 0 radical (unpaired) electrons. The van der Waals surface area contributed by atoms with E-state index in [-0.39, 0.29) is 24.6 Å². The second-order valence-corrected chi connectivity index (χ2v) is 10.2. The SMILES string of the molecule is C=CCOC(=O)c1cccc(COC(=O)Nc2cnc(-c3ccccc3)n(CC(=O)NC(Cc3ccccc3)C(=O)C(F)(F)F)c2=O)c1. The molecular formula is C34H29F3N4O7. The molecule has 14 heteroatoms. The summed E-state index contributed by atoms with van der Waals surface area (Å²) in [6.07, 6.45) is -4.30. The van der Waals surface area contributed by atoms with Crippen molar-refractivity contribution in [2.45, 2.75) is 31.8 Å². The number of carbonyl (C=O) groups is 4. The first kappa shape index (κ1) is 34.8. The zero-order valence-corrected chi connectivity index (χ0v) is 25.2. The Morgan fingerprint density at radius 3 is 2.25 bits per heavy atom. The summed E-state index contributed by atoms with van der Waals surface area (Å²) in [6.45, 7) is 2.35. The van der Waals surface area contributed by atoms with E-state index in [4.69, 9.17) is 9.47 Å². The van der Waals surface area contributed by atoms with Gasteiger partial charge in [0.25, 0.3) is 11.3 Å². The molecule has 2 amide bonds. The number of halogens is 3. The molecule has 0 fully saturated rings. The zero-order valence-electron chi connectivity index (χ0n) is 25.2. The fraction of sp³-hybridized carbons (Fsp3) is 0.176. The molecule has 0 spiro atoms. The number of ether oxygens (including phenoxy) is 2. The lowest BCUT2D eigenvalue weighted by molar-refractivity contribution is -0.173. The molecule has 0 bridgehead atoms. The molecule has 0 saturated heterocycles. The molecule has 11 nitrogen and oxygen atoms in total. The van der Waals surface area contributed by atoms with Crippen molar-refractivity contribution in [1.29, 1.82) is 0 Å². The normalized spacial score (nSPS) is 11.6. The number of benzene rings is 3. The Morgan fingerprint density at radius 1 is 0.917 bits per heavy atom. The van der Waals surface area contributed by atoms with Gasteiger partial charge in [-0.15, -0.1) is 0 Å². The summed E-state index contributed by atoms with van der Waals surface area (Å²) in [4.78, 5) is 67.9. The number of nitrogens with one attached hydrogen (secondary N) is 2. The van der Waals surface area contributed by atoms with Crippen LogP contribution >= 0.6 is 0 Å². The highest BCUT2D eigenvalue weighted by Gasteiger charge is 2.44. The minimum Gasteiger partial charge on any atom is -0.458 e. The van der Waals surface area contributed by atoms with Crippen LogP contribution < -0.4 is 16.2 Å². The Bertz CT molecular complexity index is 1850. The first-order chi connectivity index (χ1) is 23.0. The minimum absolute atomic E-state index is 0.0121. The summed E-state index contributed by atoms with van der Waals surface area (Å²) in [6, 6.07) is 20.1. The third-order valence-electron chi connectivity index (χ3n) is 6.70. The van der Waals surface area contributed by atoms with Gasteiger partial charge in [-0.3, -0.25) is 24.3 Å². The summed E-state index contributed by atoms with van der Waals surface area (Å²) >= 11 is 0. The fourth-order valence-corrected chi connectivity index (χ4v) is 4.48. The van der Waals surface area contributed by atoms with E-state index >= 15 is 0 Å². The fourth-order valence-electron chi connectivity index (χ4n) is 4.48. The number of rotatable bonds is 13.